The molecule has 0 bridgehead atoms. The van der Waals surface area contributed by atoms with Crippen molar-refractivity contribution in [3.8, 4) is 11.5 Å². The van der Waals surface area contributed by atoms with E-state index in [0.717, 1.165) is 4.88 Å². The van der Waals surface area contributed by atoms with Gasteiger partial charge in [0.15, 0.2) is 16.7 Å². The van der Waals surface area contributed by atoms with Crippen molar-refractivity contribution < 1.29 is 14.3 Å². The molecule has 0 unspecified atom stereocenters. The molecule has 0 radical (unpaired) electrons. The molecule has 1 N–H and O–H groups in total. The lowest BCUT2D eigenvalue weighted by atomic mass is 10.2. The molecule has 1 aliphatic heterocycles. The van der Waals surface area contributed by atoms with Gasteiger partial charge in [0.05, 0.1) is 11.1 Å². The maximum atomic E-state index is 12.8. The summed E-state index contributed by atoms with van der Waals surface area (Å²) >= 11 is 2.69. The van der Waals surface area contributed by atoms with Crippen LogP contribution in [0.25, 0.3) is 10.2 Å². The summed E-state index contributed by atoms with van der Waals surface area (Å²) in [6.45, 7) is 6.99. The molecular weight excluding hydrogens is 410 g/mol. The molecule has 0 saturated carbocycles. The lowest BCUT2D eigenvalue weighted by molar-refractivity contribution is -0.113. The normalized spacial score (nSPS) is 12.7. The van der Waals surface area contributed by atoms with Crippen LogP contribution in [0.4, 0.5) is 5.69 Å². The largest absolute Gasteiger partial charge is 0.486 e. The third kappa shape index (κ3) is 4.15. The molecule has 1 aromatic carbocycles. The average molecular weight is 430 g/mol. The van der Waals surface area contributed by atoms with Crippen molar-refractivity contribution in [1.29, 1.82) is 0 Å². The van der Waals surface area contributed by atoms with Crippen molar-refractivity contribution in [1.82, 2.24) is 9.55 Å². The van der Waals surface area contributed by atoms with Gasteiger partial charge >= 0.3 is 0 Å². The van der Waals surface area contributed by atoms with Crippen LogP contribution in [0.5, 0.6) is 11.5 Å². The number of hydrogen-bond donors (Lipinski definition) is 1. The predicted octanol–water partition coefficient (Wildman–Crippen LogP) is 3.45. The molecule has 150 valence electrons. The van der Waals surface area contributed by atoms with E-state index in [2.05, 4.69) is 16.9 Å². The van der Waals surface area contributed by atoms with Crippen molar-refractivity contribution in [2.24, 2.45) is 0 Å². The number of rotatable bonds is 6. The van der Waals surface area contributed by atoms with Gasteiger partial charge in [0, 0.05) is 23.2 Å². The van der Waals surface area contributed by atoms with Crippen molar-refractivity contribution in [2.45, 2.75) is 18.6 Å². The third-order valence-electron chi connectivity index (χ3n) is 4.21. The maximum absolute atomic E-state index is 12.8. The van der Waals surface area contributed by atoms with Gasteiger partial charge in [-0.25, -0.2) is 4.98 Å². The second-order valence-corrected chi connectivity index (χ2v) is 8.55. The highest BCUT2D eigenvalue weighted by Crippen LogP contribution is 2.32. The summed E-state index contributed by atoms with van der Waals surface area (Å²) in [5, 5.41) is 3.94. The molecule has 9 heteroatoms. The molecule has 7 nitrogen and oxygen atoms in total. The molecule has 1 aliphatic rings. The summed E-state index contributed by atoms with van der Waals surface area (Å²) in [6.07, 6.45) is 1.65. The number of nitrogens with zero attached hydrogens (tertiary/aromatic N) is 2. The second-order valence-electron chi connectivity index (χ2n) is 6.37. The van der Waals surface area contributed by atoms with Crippen LogP contribution in [-0.4, -0.2) is 34.4 Å². The number of carbonyl (C=O) groups excluding carboxylic acids is 1. The average Bonchev–Trinajstić information content (AvgIpc) is 3.09. The van der Waals surface area contributed by atoms with E-state index >= 15 is 0 Å². The molecule has 3 heterocycles. The fraction of sp³-hybridized carbons (Fsp3) is 0.250. The Morgan fingerprint density at radius 1 is 1.34 bits per heavy atom. The van der Waals surface area contributed by atoms with Crippen LogP contribution in [0, 0.1) is 6.92 Å². The van der Waals surface area contributed by atoms with Crippen LogP contribution in [0.1, 0.15) is 4.88 Å². The van der Waals surface area contributed by atoms with Gasteiger partial charge in [0.2, 0.25) is 5.91 Å². The van der Waals surface area contributed by atoms with Gasteiger partial charge in [-0.05, 0) is 25.1 Å². The van der Waals surface area contributed by atoms with Gasteiger partial charge in [-0.15, -0.1) is 17.9 Å². The molecular formula is C20H19N3O4S2. The fourth-order valence-corrected chi connectivity index (χ4v) is 4.70. The molecule has 0 atom stereocenters. The molecule has 2 aromatic heterocycles. The monoisotopic (exact) mass is 429 g/mol. The number of fused-ring (bicyclic) bond motifs is 2. The zero-order chi connectivity index (χ0) is 20.4. The van der Waals surface area contributed by atoms with Crippen molar-refractivity contribution in [2.75, 3.05) is 24.3 Å². The maximum Gasteiger partial charge on any atom is 0.263 e. The van der Waals surface area contributed by atoms with Crippen molar-refractivity contribution >= 4 is 44.9 Å². The Balaban J connectivity index is 1.50. The first-order valence-corrected chi connectivity index (χ1v) is 10.8. The summed E-state index contributed by atoms with van der Waals surface area (Å²) in [5.41, 5.74) is 0.509. The zero-order valence-corrected chi connectivity index (χ0v) is 17.4. The number of thiophene rings is 1. The second kappa shape index (κ2) is 8.30. The van der Waals surface area contributed by atoms with Crippen LogP contribution in [0.15, 0.2) is 46.9 Å². The summed E-state index contributed by atoms with van der Waals surface area (Å²) in [4.78, 5) is 31.5. The van der Waals surface area contributed by atoms with Crippen LogP contribution in [0.2, 0.25) is 0 Å². The summed E-state index contributed by atoms with van der Waals surface area (Å²) in [5.74, 6) is 1.20. The SMILES string of the molecule is C=CCn1c(SCC(=O)Nc2ccc3c(c2)OCCO3)nc2sc(C)cc2c1=O. The van der Waals surface area contributed by atoms with Crippen LogP contribution < -0.4 is 20.3 Å². The standard InChI is InChI=1S/C20H19N3O4S2/c1-3-6-23-19(25)14-9-12(2)29-18(14)22-20(23)28-11-17(24)21-13-4-5-15-16(10-13)27-8-7-26-15/h3-5,9-10H,1,6-8,11H2,2H3,(H,21,24). The Labute approximate surface area is 175 Å². The van der Waals surface area contributed by atoms with E-state index in [0.29, 0.717) is 52.3 Å². The number of hydrogen-bond acceptors (Lipinski definition) is 7. The molecule has 0 fully saturated rings. The number of amides is 1. The minimum Gasteiger partial charge on any atom is -0.486 e. The van der Waals surface area contributed by atoms with Crippen LogP contribution in [0.3, 0.4) is 0 Å². The third-order valence-corrected chi connectivity index (χ3v) is 6.13. The number of carbonyl (C=O) groups is 1. The first kappa shape index (κ1) is 19.5. The summed E-state index contributed by atoms with van der Waals surface area (Å²) in [6, 6.07) is 7.12. The number of anilines is 1. The van der Waals surface area contributed by atoms with Gasteiger partial charge in [0.1, 0.15) is 18.0 Å². The van der Waals surface area contributed by atoms with E-state index < -0.39 is 0 Å². The quantitative estimate of drug-likeness (QED) is 0.367. The summed E-state index contributed by atoms with van der Waals surface area (Å²) in [7, 11) is 0. The smallest absolute Gasteiger partial charge is 0.263 e. The molecule has 29 heavy (non-hydrogen) atoms. The van der Waals surface area contributed by atoms with E-state index in [-0.39, 0.29) is 17.2 Å². The number of thioether (sulfide) groups is 1. The van der Waals surface area contributed by atoms with E-state index in [1.807, 2.05) is 13.0 Å². The highest BCUT2D eigenvalue weighted by atomic mass is 32.2. The number of allylic oxidation sites excluding steroid dienone is 1. The molecule has 0 spiro atoms. The first-order chi connectivity index (χ1) is 14.0. The minimum absolute atomic E-state index is 0.117. The number of nitrogens with one attached hydrogen (secondary N) is 1. The lowest BCUT2D eigenvalue weighted by Gasteiger charge is -2.19. The Morgan fingerprint density at radius 2 is 2.14 bits per heavy atom. The topological polar surface area (TPSA) is 82.5 Å². The number of aromatic nitrogens is 2. The Bertz CT molecular complexity index is 1150. The van der Waals surface area contributed by atoms with E-state index in [1.165, 1.54) is 23.1 Å². The fourth-order valence-electron chi connectivity index (χ4n) is 2.97. The van der Waals surface area contributed by atoms with E-state index in [1.54, 1.807) is 28.8 Å². The molecule has 1 amide bonds. The number of aryl methyl sites for hydroxylation is 1. The van der Waals surface area contributed by atoms with Gasteiger partial charge < -0.3 is 14.8 Å². The highest BCUT2D eigenvalue weighted by molar-refractivity contribution is 7.99. The van der Waals surface area contributed by atoms with Crippen LogP contribution >= 0.6 is 23.1 Å². The van der Waals surface area contributed by atoms with Gasteiger partial charge in [-0.1, -0.05) is 17.8 Å². The predicted molar refractivity (Wildman–Crippen MR) is 116 cm³/mol. The minimum atomic E-state index is -0.200. The van der Waals surface area contributed by atoms with Gasteiger partial charge in [0.25, 0.3) is 5.56 Å². The molecule has 3 aromatic rings. The number of ether oxygens (including phenoxy) is 2. The summed E-state index contributed by atoms with van der Waals surface area (Å²) < 4.78 is 12.6. The van der Waals surface area contributed by atoms with Crippen molar-refractivity contribution in [3.63, 3.8) is 0 Å². The van der Waals surface area contributed by atoms with Crippen LogP contribution in [-0.2, 0) is 11.3 Å². The molecule has 4 rings (SSSR count). The molecule has 0 aliphatic carbocycles. The molecule has 0 saturated heterocycles. The zero-order valence-electron chi connectivity index (χ0n) is 15.8. The van der Waals surface area contributed by atoms with Crippen molar-refractivity contribution in [3.05, 3.63) is 52.2 Å². The highest BCUT2D eigenvalue weighted by Gasteiger charge is 2.16. The number of benzene rings is 1. The van der Waals surface area contributed by atoms with E-state index in [9.17, 15) is 9.59 Å². The van der Waals surface area contributed by atoms with Gasteiger partial charge in [-0.2, -0.15) is 0 Å². The Kier molecular flexibility index (Phi) is 5.59. The van der Waals surface area contributed by atoms with Gasteiger partial charge in [-0.3, -0.25) is 14.2 Å². The lowest BCUT2D eigenvalue weighted by Crippen LogP contribution is -2.23. The first-order valence-electron chi connectivity index (χ1n) is 8.99. The van der Waals surface area contributed by atoms with E-state index in [4.69, 9.17) is 9.47 Å². The Morgan fingerprint density at radius 3 is 2.93 bits per heavy atom. The Hall–Kier alpha value is -2.78.